The van der Waals surface area contributed by atoms with Crippen LogP contribution in [0.4, 0.5) is 0 Å². The number of piperidine rings is 1. The SMILES string of the molecule is CCN(CC)C(CNC(=O)C1(COC)CCNCC1)c1ccsc1. The lowest BCUT2D eigenvalue weighted by Gasteiger charge is -2.37. The number of hydrogen-bond acceptors (Lipinski definition) is 5. The molecule has 0 saturated carbocycles. The maximum absolute atomic E-state index is 12.9. The monoisotopic (exact) mass is 353 g/mol. The van der Waals surface area contributed by atoms with E-state index in [1.54, 1.807) is 18.4 Å². The van der Waals surface area contributed by atoms with Gasteiger partial charge in [-0.1, -0.05) is 13.8 Å². The Morgan fingerprint density at radius 3 is 2.67 bits per heavy atom. The lowest BCUT2D eigenvalue weighted by atomic mass is 9.78. The fraction of sp³-hybridized carbons (Fsp3) is 0.722. The van der Waals surface area contributed by atoms with Gasteiger partial charge in [-0.15, -0.1) is 0 Å². The summed E-state index contributed by atoms with van der Waals surface area (Å²) >= 11 is 1.71. The smallest absolute Gasteiger partial charge is 0.228 e. The second kappa shape index (κ2) is 9.51. The van der Waals surface area contributed by atoms with Gasteiger partial charge in [-0.25, -0.2) is 0 Å². The number of amides is 1. The Hall–Kier alpha value is -0.950. The summed E-state index contributed by atoms with van der Waals surface area (Å²) in [6.45, 7) is 9.18. The number of thiophene rings is 1. The number of carbonyl (C=O) groups is 1. The quantitative estimate of drug-likeness (QED) is 0.715. The molecule has 0 aliphatic carbocycles. The van der Waals surface area contributed by atoms with Crippen molar-refractivity contribution in [1.29, 1.82) is 0 Å². The van der Waals surface area contributed by atoms with Gasteiger partial charge in [0, 0.05) is 13.7 Å². The van der Waals surface area contributed by atoms with Crippen molar-refractivity contribution < 1.29 is 9.53 Å². The van der Waals surface area contributed by atoms with Crippen LogP contribution in [-0.2, 0) is 9.53 Å². The van der Waals surface area contributed by atoms with Gasteiger partial charge in [0.05, 0.1) is 18.1 Å². The van der Waals surface area contributed by atoms with E-state index < -0.39 is 0 Å². The normalized spacial score (nSPS) is 18.5. The number of nitrogens with one attached hydrogen (secondary N) is 2. The third-order valence-electron chi connectivity index (χ3n) is 5.10. The van der Waals surface area contributed by atoms with Crippen LogP contribution in [0.25, 0.3) is 0 Å². The van der Waals surface area contributed by atoms with Crippen LogP contribution in [-0.4, -0.2) is 57.2 Å². The molecule has 1 unspecified atom stereocenters. The van der Waals surface area contributed by atoms with E-state index in [4.69, 9.17) is 4.74 Å². The van der Waals surface area contributed by atoms with Crippen LogP contribution in [0.3, 0.4) is 0 Å². The van der Waals surface area contributed by atoms with E-state index in [2.05, 4.69) is 46.2 Å². The number of methoxy groups -OCH3 is 1. The lowest BCUT2D eigenvalue weighted by Crippen LogP contribution is -2.51. The van der Waals surface area contributed by atoms with Crippen molar-refractivity contribution in [1.82, 2.24) is 15.5 Å². The molecule has 0 bridgehead atoms. The van der Waals surface area contributed by atoms with Crippen molar-refractivity contribution in [3.05, 3.63) is 22.4 Å². The summed E-state index contributed by atoms with van der Waals surface area (Å²) in [6, 6.07) is 2.39. The molecule has 2 rings (SSSR count). The Bertz CT molecular complexity index is 477. The van der Waals surface area contributed by atoms with Gasteiger partial charge >= 0.3 is 0 Å². The van der Waals surface area contributed by atoms with E-state index in [1.165, 1.54) is 5.56 Å². The second-order valence-corrected chi connectivity index (χ2v) is 7.25. The van der Waals surface area contributed by atoms with Crippen LogP contribution >= 0.6 is 11.3 Å². The highest BCUT2D eigenvalue weighted by Crippen LogP contribution is 2.30. The summed E-state index contributed by atoms with van der Waals surface area (Å²) in [5.41, 5.74) is 0.901. The molecule has 136 valence electrons. The number of likely N-dealkylation sites (N-methyl/N-ethyl adjacent to an activating group) is 1. The van der Waals surface area contributed by atoms with Gasteiger partial charge < -0.3 is 15.4 Å². The van der Waals surface area contributed by atoms with E-state index in [-0.39, 0.29) is 17.4 Å². The average Bonchev–Trinajstić information content (AvgIpc) is 3.13. The first-order valence-corrected chi connectivity index (χ1v) is 9.85. The Morgan fingerprint density at radius 2 is 2.12 bits per heavy atom. The highest BCUT2D eigenvalue weighted by Gasteiger charge is 2.39. The topological polar surface area (TPSA) is 53.6 Å². The van der Waals surface area contributed by atoms with Crippen molar-refractivity contribution in [3.63, 3.8) is 0 Å². The molecule has 1 saturated heterocycles. The predicted octanol–water partition coefficient (Wildman–Crippen LogP) is 2.26. The minimum Gasteiger partial charge on any atom is -0.384 e. The molecule has 0 aromatic carbocycles. The number of carbonyl (C=O) groups excluding carboxylic acids is 1. The fourth-order valence-corrected chi connectivity index (χ4v) is 4.29. The fourth-order valence-electron chi connectivity index (χ4n) is 3.58. The van der Waals surface area contributed by atoms with Gasteiger partial charge in [0.2, 0.25) is 5.91 Å². The highest BCUT2D eigenvalue weighted by molar-refractivity contribution is 7.07. The van der Waals surface area contributed by atoms with Crippen molar-refractivity contribution in [2.24, 2.45) is 5.41 Å². The molecule has 1 fully saturated rings. The van der Waals surface area contributed by atoms with Crippen molar-refractivity contribution >= 4 is 17.2 Å². The molecule has 2 heterocycles. The zero-order valence-electron chi connectivity index (χ0n) is 15.1. The molecule has 2 N–H and O–H groups in total. The molecule has 24 heavy (non-hydrogen) atoms. The first kappa shape index (κ1) is 19.4. The minimum atomic E-state index is -0.386. The molecule has 1 aromatic rings. The molecule has 1 aliphatic rings. The number of ether oxygens (including phenoxy) is 1. The Balaban J connectivity index is 2.05. The second-order valence-electron chi connectivity index (χ2n) is 6.47. The summed E-state index contributed by atoms with van der Waals surface area (Å²) < 4.78 is 5.38. The largest absolute Gasteiger partial charge is 0.384 e. The molecule has 6 heteroatoms. The zero-order chi connectivity index (χ0) is 17.4. The molecule has 0 spiro atoms. The number of nitrogens with zero attached hydrogens (tertiary/aromatic N) is 1. The summed E-state index contributed by atoms with van der Waals surface area (Å²) in [7, 11) is 1.68. The van der Waals surface area contributed by atoms with Gasteiger partial charge in [0.15, 0.2) is 0 Å². The summed E-state index contributed by atoms with van der Waals surface area (Å²) in [5.74, 6) is 0.137. The van der Waals surface area contributed by atoms with Crippen LogP contribution in [0.15, 0.2) is 16.8 Å². The van der Waals surface area contributed by atoms with E-state index in [0.717, 1.165) is 39.0 Å². The molecule has 1 aromatic heterocycles. The van der Waals surface area contributed by atoms with Crippen LogP contribution in [0.2, 0.25) is 0 Å². The first-order valence-electron chi connectivity index (χ1n) is 8.91. The molecule has 1 aliphatic heterocycles. The minimum absolute atomic E-state index is 0.137. The molecule has 5 nitrogen and oxygen atoms in total. The van der Waals surface area contributed by atoms with Crippen LogP contribution in [0.1, 0.15) is 38.3 Å². The lowest BCUT2D eigenvalue weighted by molar-refractivity contribution is -0.136. The summed E-state index contributed by atoms with van der Waals surface area (Å²) in [6.07, 6.45) is 1.67. The average molecular weight is 354 g/mol. The Kier molecular flexibility index (Phi) is 7.68. The molecular formula is C18H31N3O2S. The van der Waals surface area contributed by atoms with Gasteiger partial charge in [-0.3, -0.25) is 9.69 Å². The van der Waals surface area contributed by atoms with Gasteiger partial charge in [-0.05, 0) is 61.4 Å². The highest BCUT2D eigenvalue weighted by atomic mass is 32.1. The maximum Gasteiger partial charge on any atom is 0.228 e. The Morgan fingerprint density at radius 1 is 1.42 bits per heavy atom. The molecular weight excluding hydrogens is 322 g/mol. The van der Waals surface area contributed by atoms with E-state index in [0.29, 0.717) is 13.2 Å². The Labute approximate surface area is 149 Å². The predicted molar refractivity (Wildman–Crippen MR) is 99.4 cm³/mol. The summed E-state index contributed by atoms with van der Waals surface area (Å²) in [4.78, 5) is 15.3. The molecule has 1 atom stereocenters. The van der Waals surface area contributed by atoms with E-state index in [1.807, 2.05) is 0 Å². The van der Waals surface area contributed by atoms with Crippen LogP contribution in [0.5, 0.6) is 0 Å². The zero-order valence-corrected chi connectivity index (χ0v) is 16.0. The number of rotatable bonds is 9. The van der Waals surface area contributed by atoms with Crippen LogP contribution < -0.4 is 10.6 Å². The van der Waals surface area contributed by atoms with Gasteiger partial charge in [0.25, 0.3) is 0 Å². The first-order chi connectivity index (χ1) is 11.7. The van der Waals surface area contributed by atoms with E-state index >= 15 is 0 Å². The molecule has 0 radical (unpaired) electrons. The third kappa shape index (κ3) is 4.57. The van der Waals surface area contributed by atoms with Gasteiger partial charge in [0.1, 0.15) is 0 Å². The van der Waals surface area contributed by atoms with Crippen molar-refractivity contribution in [3.8, 4) is 0 Å². The van der Waals surface area contributed by atoms with Crippen molar-refractivity contribution in [2.45, 2.75) is 32.7 Å². The van der Waals surface area contributed by atoms with Crippen LogP contribution in [0, 0.1) is 5.41 Å². The third-order valence-corrected chi connectivity index (χ3v) is 5.80. The maximum atomic E-state index is 12.9. The molecule has 1 amide bonds. The van der Waals surface area contributed by atoms with Crippen molar-refractivity contribution in [2.75, 3.05) is 46.4 Å². The summed E-state index contributed by atoms with van der Waals surface area (Å²) in [5, 5.41) is 10.9. The van der Waals surface area contributed by atoms with E-state index in [9.17, 15) is 4.79 Å². The van der Waals surface area contributed by atoms with Gasteiger partial charge in [-0.2, -0.15) is 11.3 Å². The standard InChI is InChI=1S/C18H31N3O2S/c1-4-21(5-2)16(15-6-11-24-13-15)12-20-17(22)18(14-23-3)7-9-19-10-8-18/h6,11,13,16,19H,4-5,7-10,12,14H2,1-3H3,(H,20,22). The number of hydrogen-bond donors (Lipinski definition) is 2.